The van der Waals surface area contributed by atoms with Gasteiger partial charge in [0.15, 0.2) is 0 Å². The largest absolute Gasteiger partial charge is 0.424 e. The van der Waals surface area contributed by atoms with E-state index in [9.17, 15) is 14.4 Å². The minimum Gasteiger partial charge on any atom is -0.424 e. The molecule has 0 aromatic heterocycles. The van der Waals surface area contributed by atoms with E-state index in [1.807, 2.05) is 6.07 Å². The molecule has 0 aliphatic rings. The van der Waals surface area contributed by atoms with E-state index in [4.69, 9.17) is 9.47 Å². The number of amides is 1. The molecule has 114 valence electrons. The maximum atomic E-state index is 11.6. The average Bonchev–Trinajstić information content (AvgIpc) is 2.38. The Bertz CT molecular complexity index is 487. The van der Waals surface area contributed by atoms with Gasteiger partial charge in [-0.25, -0.2) is 10.4 Å². The van der Waals surface area contributed by atoms with Crippen molar-refractivity contribution in [2.24, 2.45) is 0 Å². The fourth-order valence-electron chi connectivity index (χ4n) is 1.60. The lowest BCUT2D eigenvalue weighted by atomic mass is 10.3. The van der Waals surface area contributed by atoms with Crippen LogP contribution in [0, 0.1) is 0 Å². The highest BCUT2D eigenvalue weighted by molar-refractivity contribution is 5.90. The van der Waals surface area contributed by atoms with Crippen LogP contribution in [0.15, 0.2) is 30.3 Å². The average molecular weight is 294 g/mol. The molecule has 1 N–H and O–H groups in total. The van der Waals surface area contributed by atoms with Gasteiger partial charge in [-0.15, -0.1) is 0 Å². The van der Waals surface area contributed by atoms with Gasteiger partial charge in [0, 0.05) is 20.8 Å². The summed E-state index contributed by atoms with van der Waals surface area (Å²) in [5, 5.41) is 1.28. The quantitative estimate of drug-likeness (QED) is 0.478. The highest BCUT2D eigenvalue weighted by Crippen LogP contribution is 2.11. The standard InChI is InChI=1S/C14H18N2O5/c1-10(17)16(13-7-5-4-6-8-13)15-9-14(20-11(2)18)21-12(3)19/h4-8,14-15H,9H2,1-3H3. The molecule has 0 atom stereocenters. The van der Waals surface area contributed by atoms with Crippen molar-refractivity contribution in [1.29, 1.82) is 0 Å². The summed E-state index contributed by atoms with van der Waals surface area (Å²) in [5.74, 6) is -1.43. The summed E-state index contributed by atoms with van der Waals surface area (Å²) < 4.78 is 9.69. The lowest BCUT2D eigenvalue weighted by Gasteiger charge is -2.24. The molecule has 0 saturated heterocycles. The lowest BCUT2D eigenvalue weighted by Crippen LogP contribution is -2.47. The Morgan fingerprint density at radius 2 is 1.57 bits per heavy atom. The number of nitrogens with zero attached hydrogens (tertiary/aromatic N) is 1. The van der Waals surface area contributed by atoms with Crippen molar-refractivity contribution in [2.75, 3.05) is 11.6 Å². The Hall–Kier alpha value is -2.41. The summed E-state index contributed by atoms with van der Waals surface area (Å²) in [4.78, 5) is 33.6. The zero-order valence-corrected chi connectivity index (χ0v) is 12.2. The normalized spacial score (nSPS) is 10.1. The van der Waals surface area contributed by atoms with Crippen LogP contribution in [0.1, 0.15) is 20.8 Å². The summed E-state index contributed by atoms with van der Waals surface area (Å²) in [6.45, 7) is 3.74. The molecule has 1 rings (SSSR count). The van der Waals surface area contributed by atoms with Gasteiger partial charge in [-0.2, -0.15) is 0 Å². The molecule has 7 nitrogen and oxygen atoms in total. The minimum atomic E-state index is -1.11. The van der Waals surface area contributed by atoms with E-state index in [-0.39, 0.29) is 12.5 Å². The third-order valence-electron chi connectivity index (χ3n) is 2.34. The van der Waals surface area contributed by atoms with E-state index >= 15 is 0 Å². The van der Waals surface area contributed by atoms with E-state index in [0.717, 1.165) is 0 Å². The van der Waals surface area contributed by atoms with Crippen LogP contribution in [0.25, 0.3) is 0 Å². The Morgan fingerprint density at radius 3 is 2.00 bits per heavy atom. The molecule has 21 heavy (non-hydrogen) atoms. The molecular formula is C14H18N2O5. The molecule has 0 fully saturated rings. The van der Waals surface area contributed by atoms with E-state index < -0.39 is 18.2 Å². The molecule has 1 amide bonds. The maximum Gasteiger partial charge on any atom is 0.305 e. The SMILES string of the molecule is CC(=O)OC(CNN(C(C)=O)c1ccccc1)OC(C)=O. The first-order chi connectivity index (χ1) is 9.90. The zero-order valence-electron chi connectivity index (χ0n) is 12.2. The molecule has 0 aliphatic carbocycles. The Labute approximate surface area is 122 Å². The van der Waals surface area contributed by atoms with E-state index in [0.29, 0.717) is 5.69 Å². The molecule has 0 heterocycles. The van der Waals surface area contributed by atoms with Gasteiger partial charge in [-0.05, 0) is 12.1 Å². The van der Waals surface area contributed by atoms with Gasteiger partial charge in [0.05, 0.1) is 12.2 Å². The molecule has 7 heteroatoms. The number of rotatable bonds is 6. The number of hydrazine groups is 1. The number of esters is 2. The van der Waals surface area contributed by atoms with Gasteiger partial charge in [0.1, 0.15) is 0 Å². The van der Waals surface area contributed by atoms with Gasteiger partial charge in [0.2, 0.25) is 5.91 Å². The first kappa shape index (κ1) is 16.6. The number of hydrogen-bond acceptors (Lipinski definition) is 6. The number of ether oxygens (including phenoxy) is 2. The van der Waals surface area contributed by atoms with Crippen molar-refractivity contribution in [3.63, 3.8) is 0 Å². The molecular weight excluding hydrogens is 276 g/mol. The molecule has 0 unspecified atom stereocenters. The van der Waals surface area contributed by atoms with Crippen molar-refractivity contribution in [3.8, 4) is 0 Å². The van der Waals surface area contributed by atoms with Crippen molar-refractivity contribution >= 4 is 23.5 Å². The second-order valence-corrected chi connectivity index (χ2v) is 4.20. The second-order valence-electron chi connectivity index (χ2n) is 4.20. The van der Waals surface area contributed by atoms with Crippen molar-refractivity contribution in [1.82, 2.24) is 5.43 Å². The van der Waals surface area contributed by atoms with E-state index in [1.165, 1.54) is 25.8 Å². The minimum absolute atomic E-state index is 0.0480. The smallest absolute Gasteiger partial charge is 0.305 e. The molecule has 1 aromatic carbocycles. The number of hydrogen-bond donors (Lipinski definition) is 1. The van der Waals surface area contributed by atoms with Gasteiger partial charge >= 0.3 is 11.9 Å². The highest BCUT2D eigenvalue weighted by atomic mass is 16.7. The molecule has 0 aliphatic heterocycles. The fourth-order valence-corrected chi connectivity index (χ4v) is 1.60. The summed E-state index contributed by atoms with van der Waals surface area (Å²) in [6.07, 6.45) is -1.11. The summed E-state index contributed by atoms with van der Waals surface area (Å²) in [6, 6.07) is 8.86. The topological polar surface area (TPSA) is 84.9 Å². The molecule has 0 bridgehead atoms. The van der Waals surface area contributed by atoms with E-state index in [2.05, 4.69) is 5.43 Å². The van der Waals surface area contributed by atoms with Crippen LogP contribution >= 0.6 is 0 Å². The van der Waals surface area contributed by atoms with Crippen LogP contribution in [-0.2, 0) is 23.9 Å². The number of carbonyl (C=O) groups excluding carboxylic acids is 3. The van der Waals surface area contributed by atoms with Crippen LogP contribution in [0.3, 0.4) is 0 Å². The Morgan fingerprint density at radius 1 is 1.05 bits per heavy atom. The van der Waals surface area contributed by atoms with Crippen molar-refractivity contribution < 1.29 is 23.9 Å². The fraction of sp³-hybridized carbons (Fsp3) is 0.357. The zero-order chi connectivity index (χ0) is 15.8. The number of anilines is 1. The van der Waals surface area contributed by atoms with Crippen LogP contribution in [0.5, 0.6) is 0 Å². The van der Waals surface area contributed by atoms with Gasteiger partial charge in [-0.1, -0.05) is 18.2 Å². The van der Waals surface area contributed by atoms with E-state index in [1.54, 1.807) is 24.3 Å². The van der Waals surface area contributed by atoms with Gasteiger partial charge < -0.3 is 9.47 Å². The van der Waals surface area contributed by atoms with Crippen LogP contribution in [-0.4, -0.2) is 30.7 Å². The molecule has 0 spiro atoms. The monoisotopic (exact) mass is 294 g/mol. The predicted molar refractivity (Wildman–Crippen MR) is 74.9 cm³/mol. The van der Waals surface area contributed by atoms with Crippen LogP contribution in [0.4, 0.5) is 5.69 Å². The number of para-hydroxylation sites is 1. The van der Waals surface area contributed by atoms with Crippen molar-refractivity contribution in [3.05, 3.63) is 30.3 Å². The summed E-state index contributed by atoms with van der Waals surface area (Å²) >= 11 is 0. The third kappa shape index (κ3) is 6.05. The Kier molecular flexibility index (Phi) is 6.35. The molecule has 0 saturated carbocycles. The summed E-state index contributed by atoms with van der Waals surface area (Å²) in [5.41, 5.74) is 3.40. The summed E-state index contributed by atoms with van der Waals surface area (Å²) in [7, 11) is 0. The second kappa shape index (κ2) is 8.01. The lowest BCUT2D eigenvalue weighted by molar-refractivity contribution is -0.183. The maximum absolute atomic E-state index is 11.6. The molecule has 1 aromatic rings. The number of benzene rings is 1. The number of nitrogens with one attached hydrogen (secondary N) is 1. The van der Waals surface area contributed by atoms with Gasteiger partial charge in [0.25, 0.3) is 6.29 Å². The van der Waals surface area contributed by atoms with Crippen LogP contribution < -0.4 is 10.4 Å². The Balaban J connectivity index is 2.72. The first-order valence-corrected chi connectivity index (χ1v) is 6.34. The van der Waals surface area contributed by atoms with Crippen LogP contribution in [0.2, 0.25) is 0 Å². The third-order valence-corrected chi connectivity index (χ3v) is 2.34. The number of carbonyl (C=O) groups is 3. The van der Waals surface area contributed by atoms with Crippen molar-refractivity contribution in [2.45, 2.75) is 27.1 Å². The van der Waals surface area contributed by atoms with Gasteiger partial charge in [-0.3, -0.25) is 14.4 Å². The highest BCUT2D eigenvalue weighted by Gasteiger charge is 2.18. The first-order valence-electron chi connectivity index (χ1n) is 6.34. The molecule has 0 radical (unpaired) electrons. The predicted octanol–water partition coefficient (Wildman–Crippen LogP) is 0.996.